The van der Waals surface area contributed by atoms with Crippen molar-refractivity contribution in [3.8, 4) is 5.75 Å². The van der Waals surface area contributed by atoms with E-state index in [1.807, 2.05) is 0 Å². The third kappa shape index (κ3) is 3.87. The van der Waals surface area contributed by atoms with Gasteiger partial charge in [0.05, 0.1) is 0 Å². The van der Waals surface area contributed by atoms with E-state index in [9.17, 15) is 14.0 Å². The summed E-state index contributed by atoms with van der Waals surface area (Å²) in [6, 6.07) is 4.41. The molecule has 2 fully saturated rings. The van der Waals surface area contributed by atoms with Crippen LogP contribution >= 0.6 is 0 Å². The third-order valence-corrected chi connectivity index (χ3v) is 6.18. The Kier molecular flexibility index (Phi) is 5.06. The molecule has 1 aliphatic carbocycles. The van der Waals surface area contributed by atoms with Crippen LogP contribution in [-0.4, -0.2) is 41.9 Å². The predicted octanol–water partition coefficient (Wildman–Crippen LogP) is 3.06. The van der Waals surface area contributed by atoms with Crippen LogP contribution in [0.15, 0.2) is 18.2 Å². The molecule has 0 spiro atoms. The van der Waals surface area contributed by atoms with Crippen LogP contribution < -0.4 is 10.1 Å². The highest BCUT2D eigenvalue weighted by atomic mass is 19.1. The molecule has 1 saturated heterocycles. The quantitative estimate of drug-likeness (QED) is 0.843. The number of rotatable bonds is 5. The second-order valence-corrected chi connectivity index (χ2v) is 9.04. The van der Waals surface area contributed by atoms with Crippen LogP contribution in [-0.2, 0) is 16.0 Å². The first-order valence-electron chi connectivity index (χ1n) is 10.4. The van der Waals surface area contributed by atoms with Gasteiger partial charge in [0.15, 0.2) is 6.10 Å². The molecule has 1 saturated carbocycles. The summed E-state index contributed by atoms with van der Waals surface area (Å²) in [5.74, 6) is 0.690. The summed E-state index contributed by atoms with van der Waals surface area (Å²) in [4.78, 5) is 27.5. The zero-order valence-corrected chi connectivity index (χ0v) is 16.7. The molecule has 28 heavy (non-hydrogen) atoms. The summed E-state index contributed by atoms with van der Waals surface area (Å²) >= 11 is 0. The molecular weight excluding hydrogens is 359 g/mol. The Morgan fingerprint density at radius 1 is 1.36 bits per heavy atom. The van der Waals surface area contributed by atoms with E-state index < -0.39 is 6.10 Å². The third-order valence-electron chi connectivity index (χ3n) is 6.18. The van der Waals surface area contributed by atoms with Gasteiger partial charge in [-0.3, -0.25) is 9.59 Å². The maximum absolute atomic E-state index is 13.4. The topological polar surface area (TPSA) is 58.6 Å². The van der Waals surface area contributed by atoms with E-state index in [-0.39, 0.29) is 29.1 Å². The SMILES string of the molecule is CC(C)CC1(C(=O)NC2CCCN(C(=O)C3Cc4ccc(F)cc4O3)C2)CC1. The van der Waals surface area contributed by atoms with Crippen molar-refractivity contribution >= 4 is 11.8 Å². The van der Waals surface area contributed by atoms with Gasteiger partial charge in [-0.15, -0.1) is 0 Å². The van der Waals surface area contributed by atoms with Gasteiger partial charge < -0.3 is 15.0 Å². The first-order valence-corrected chi connectivity index (χ1v) is 10.4. The molecule has 152 valence electrons. The highest BCUT2D eigenvalue weighted by Crippen LogP contribution is 2.51. The summed E-state index contributed by atoms with van der Waals surface area (Å²) < 4.78 is 19.1. The number of nitrogens with one attached hydrogen (secondary N) is 1. The summed E-state index contributed by atoms with van der Waals surface area (Å²) in [5, 5.41) is 3.20. The average Bonchev–Trinajstić information content (AvgIpc) is 3.30. The zero-order chi connectivity index (χ0) is 19.9. The smallest absolute Gasteiger partial charge is 0.264 e. The maximum atomic E-state index is 13.4. The normalized spacial score (nSPS) is 25.2. The number of hydrogen-bond donors (Lipinski definition) is 1. The van der Waals surface area contributed by atoms with Crippen LogP contribution in [0.4, 0.5) is 4.39 Å². The van der Waals surface area contributed by atoms with Gasteiger partial charge in [-0.1, -0.05) is 19.9 Å². The van der Waals surface area contributed by atoms with E-state index >= 15 is 0 Å². The number of benzene rings is 1. The van der Waals surface area contributed by atoms with Crippen LogP contribution in [0, 0.1) is 17.2 Å². The molecule has 0 bridgehead atoms. The summed E-state index contributed by atoms with van der Waals surface area (Å²) in [6.45, 7) is 5.50. The van der Waals surface area contributed by atoms with Gasteiger partial charge in [-0.25, -0.2) is 4.39 Å². The first-order chi connectivity index (χ1) is 13.4. The van der Waals surface area contributed by atoms with Gasteiger partial charge in [-0.2, -0.15) is 0 Å². The Balaban J connectivity index is 1.34. The Morgan fingerprint density at radius 2 is 2.14 bits per heavy atom. The Bertz CT molecular complexity index is 775. The van der Waals surface area contributed by atoms with E-state index in [1.165, 1.54) is 12.1 Å². The lowest BCUT2D eigenvalue weighted by Gasteiger charge is -2.35. The number of likely N-dealkylation sites (tertiary alicyclic amines) is 1. The molecular formula is C22H29FN2O3. The van der Waals surface area contributed by atoms with E-state index in [0.29, 0.717) is 31.2 Å². The van der Waals surface area contributed by atoms with Crippen molar-refractivity contribution in [3.63, 3.8) is 0 Å². The number of fused-ring (bicyclic) bond motifs is 1. The molecule has 2 heterocycles. The molecule has 2 atom stereocenters. The van der Waals surface area contributed by atoms with Crippen molar-refractivity contribution in [3.05, 3.63) is 29.6 Å². The van der Waals surface area contributed by atoms with Crippen LogP contribution in [0.25, 0.3) is 0 Å². The number of hydrogen-bond acceptors (Lipinski definition) is 3. The molecule has 0 radical (unpaired) electrons. The minimum atomic E-state index is -0.595. The maximum Gasteiger partial charge on any atom is 0.264 e. The molecule has 1 N–H and O–H groups in total. The van der Waals surface area contributed by atoms with Gasteiger partial charge in [0, 0.05) is 37.0 Å². The summed E-state index contributed by atoms with van der Waals surface area (Å²) in [7, 11) is 0. The molecule has 1 aromatic carbocycles. The lowest BCUT2D eigenvalue weighted by Crippen LogP contribution is -2.53. The van der Waals surface area contributed by atoms with Gasteiger partial charge in [0.25, 0.3) is 5.91 Å². The molecule has 3 aliphatic rings. The fourth-order valence-corrected chi connectivity index (χ4v) is 4.63. The van der Waals surface area contributed by atoms with Crippen molar-refractivity contribution in [1.29, 1.82) is 0 Å². The number of carbonyl (C=O) groups is 2. The lowest BCUT2D eigenvalue weighted by atomic mass is 9.92. The monoisotopic (exact) mass is 388 g/mol. The van der Waals surface area contributed by atoms with E-state index in [0.717, 1.165) is 37.7 Å². The van der Waals surface area contributed by atoms with Crippen molar-refractivity contribution in [1.82, 2.24) is 10.2 Å². The highest BCUT2D eigenvalue weighted by Gasteiger charge is 2.50. The van der Waals surface area contributed by atoms with Crippen LogP contribution in [0.2, 0.25) is 0 Å². The summed E-state index contributed by atoms with van der Waals surface area (Å²) in [6.07, 6.45) is 4.50. The second kappa shape index (κ2) is 7.37. The number of carbonyl (C=O) groups excluding carboxylic acids is 2. The standard InChI is InChI=1S/C22H29FN2O3/c1-14(2)12-22(7-8-22)21(27)24-17-4-3-9-25(13-17)20(26)19-10-15-5-6-16(23)11-18(15)28-19/h5-6,11,14,17,19H,3-4,7-10,12-13H2,1-2H3,(H,24,27). The van der Waals surface area contributed by atoms with Crippen LogP contribution in [0.5, 0.6) is 5.75 Å². The zero-order valence-electron chi connectivity index (χ0n) is 16.7. The van der Waals surface area contributed by atoms with E-state index in [4.69, 9.17) is 4.74 Å². The molecule has 2 aliphatic heterocycles. The molecule has 2 unspecified atom stereocenters. The Morgan fingerprint density at radius 3 is 2.86 bits per heavy atom. The molecule has 1 aromatic rings. The number of amides is 2. The summed E-state index contributed by atoms with van der Waals surface area (Å²) in [5.41, 5.74) is 0.687. The second-order valence-electron chi connectivity index (χ2n) is 9.04. The molecule has 0 aromatic heterocycles. The largest absolute Gasteiger partial charge is 0.480 e. The molecule has 4 rings (SSSR count). The van der Waals surface area contributed by atoms with Gasteiger partial charge in [0.1, 0.15) is 11.6 Å². The highest BCUT2D eigenvalue weighted by molar-refractivity contribution is 5.86. The molecule has 2 amide bonds. The first kappa shape index (κ1) is 19.2. The minimum Gasteiger partial charge on any atom is -0.480 e. The van der Waals surface area contributed by atoms with Gasteiger partial charge in [0.2, 0.25) is 5.91 Å². The number of halogens is 1. The number of nitrogens with zero attached hydrogens (tertiary/aromatic N) is 1. The lowest BCUT2D eigenvalue weighted by molar-refractivity contribution is -0.140. The van der Waals surface area contributed by atoms with Crippen molar-refractivity contribution in [2.24, 2.45) is 11.3 Å². The fraction of sp³-hybridized carbons (Fsp3) is 0.636. The van der Waals surface area contributed by atoms with Crippen molar-refractivity contribution in [2.45, 2.75) is 64.5 Å². The van der Waals surface area contributed by atoms with Crippen LogP contribution in [0.3, 0.4) is 0 Å². The Hall–Kier alpha value is -2.11. The molecule has 5 nitrogen and oxygen atoms in total. The fourth-order valence-electron chi connectivity index (χ4n) is 4.63. The predicted molar refractivity (Wildman–Crippen MR) is 103 cm³/mol. The molecule has 6 heteroatoms. The number of ether oxygens (including phenoxy) is 1. The van der Waals surface area contributed by atoms with Crippen molar-refractivity contribution < 1.29 is 18.7 Å². The van der Waals surface area contributed by atoms with Crippen LogP contribution in [0.1, 0.15) is 51.5 Å². The van der Waals surface area contributed by atoms with Gasteiger partial charge in [-0.05, 0) is 49.7 Å². The Labute approximate surface area is 165 Å². The van der Waals surface area contributed by atoms with Crippen molar-refractivity contribution in [2.75, 3.05) is 13.1 Å². The minimum absolute atomic E-state index is 0.00365. The van der Waals surface area contributed by atoms with Gasteiger partial charge >= 0.3 is 0 Å². The average molecular weight is 388 g/mol. The number of piperidine rings is 1. The van der Waals surface area contributed by atoms with E-state index in [2.05, 4.69) is 19.2 Å². The van der Waals surface area contributed by atoms with E-state index in [1.54, 1.807) is 11.0 Å².